The van der Waals surface area contributed by atoms with Gasteiger partial charge in [-0.3, -0.25) is 4.79 Å². The minimum atomic E-state index is -0.207. The van der Waals surface area contributed by atoms with Gasteiger partial charge in [-0.1, -0.05) is 53.2 Å². The molecule has 0 spiro atoms. The molecule has 3 rings (SSSR count). The highest BCUT2D eigenvalue weighted by atomic mass is 79.9. The summed E-state index contributed by atoms with van der Waals surface area (Å²) in [6.07, 6.45) is 1.76. The second-order valence-electron chi connectivity index (χ2n) is 5.64. The molecule has 0 unspecified atom stereocenters. The first-order valence-corrected chi connectivity index (χ1v) is 10.9. The molecular weight excluding hydrogens is 505 g/mol. The van der Waals surface area contributed by atoms with Gasteiger partial charge in [0, 0.05) is 15.6 Å². The van der Waals surface area contributed by atoms with E-state index in [2.05, 4.69) is 21.2 Å². The summed E-state index contributed by atoms with van der Waals surface area (Å²) < 4.78 is 12.8. The van der Waals surface area contributed by atoms with Gasteiger partial charge in [-0.2, -0.15) is 0 Å². The van der Waals surface area contributed by atoms with E-state index in [0.717, 1.165) is 11.1 Å². The summed E-state index contributed by atoms with van der Waals surface area (Å²) in [4.78, 5) is 12.4. The molecule has 0 aliphatic carbocycles. The highest BCUT2D eigenvalue weighted by molar-refractivity contribution is 9.10. The minimum absolute atomic E-state index is 0.207. The van der Waals surface area contributed by atoms with Crippen molar-refractivity contribution in [3.05, 3.63) is 60.9 Å². The van der Waals surface area contributed by atoms with Gasteiger partial charge in [0.25, 0.3) is 5.91 Å². The molecule has 0 radical (unpaired) electrons. The predicted molar refractivity (Wildman–Crippen MR) is 122 cm³/mol. The number of hydrogen-bond acceptors (Lipinski definition) is 5. The first-order valence-electron chi connectivity index (χ1n) is 8.15. The maximum atomic E-state index is 11.9. The summed E-state index contributed by atoms with van der Waals surface area (Å²) in [6, 6.07) is 8.91. The van der Waals surface area contributed by atoms with Crippen LogP contribution in [-0.4, -0.2) is 16.8 Å². The summed E-state index contributed by atoms with van der Waals surface area (Å²) in [5.74, 6) is 0.899. The van der Waals surface area contributed by atoms with E-state index >= 15 is 0 Å². The minimum Gasteiger partial charge on any atom is -0.490 e. The van der Waals surface area contributed by atoms with Crippen molar-refractivity contribution in [1.29, 1.82) is 0 Å². The number of carbonyl (C=O) groups excluding carboxylic acids is 1. The van der Waals surface area contributed by atoms with Crippen LogP contribution in [-0.2, 0) is 11.4 Å². The standard InChI is InChI=1S/C19H14BrCl2NO3S2/c1-2-25-15-6-10(7-16-18(24)23-19(27)28-16)5-13(20)17(15)26-9-11-3-4-12(21)8-14(11)22/h3-8H,2,9H2,1H3,(H,23,24,27)/b16-7+. The van der Waals surface area contributed by atoms with Gasteiger partial charge in [-0.15, -0.1) is 0 Å². The van der Waals surface area contributed by atoms with Gasteiger partial charge < -0.3 is 14.8 Å². The maximum absolute atomic E-state index is 11.9. The third kappa shape index (κ3) is 5.21. The van der Waals surface area contributed by atoms with Crippen molar-refractivity contribution in [3.63, 3.8) is 0 Å². The third-order valence-corrected chi connectivity index (χ3v) is 6.00. The topological polar surface area (TPSA) is 47.6 Å². The Labute approximate surface area is 190 Å². The monoisotopic (exact) mass is 517 g/mol. The molecule has 1 heterocycles. The lowest BCUT2D eigenvalue weighted by atomic mass is 10.1. The fourth-order valence-corrected chi connectivity index (χ4v) is 4.52. The fraction of sp³-hybridized carbons (Fsp3) is 0.158. The number of halogens is 3. The molecular formula is C19H14BrCl2NO3S2. The Bertz CT molecular complexity index is 982. The zero-order chi connectivity index (χ0) is 20.3. The molecule has 1 amide bonds. The summed E-state index contributed by atoms with van der Waals surface area (Å²) in [6.45, 7) is 2.60. The zero-order valence-corrected chi connectivity index (χ0v) is 19.3. The average Bonchev–Trinajstić information content (AvgIpc) is 2.93. The van der Waals surface area contributed by atoms with E-state index in [1.165, 1.54) is 11.8 Å². The zero-order valence-electron chi connectivity index (χ0n) is 14.6. The lowest BCUT2D eigenvalue weighted by Crippen LogP contribution is -2.17. The second-order valence-corrected chi connectivity index (χ2v) is 9.06. The van der Waals surface area contributed by atoms with E-state index in [1.54, 1.807) is 18.2 Å². The molecule has 1 saturated heterocycles. The number of benzene rings is 2. The Hall–Kier alpha value is -1.25. The van der Waals surface area contributed by atoms with Gasteiger partial charge in [-0.05, 0) is 58.8 Å². The molecule has 9 heteroatoms. The van der Waals surface area contributed by atoms with Crippen LogP contribution in [0.4, 0.5) is 0 Å². The van der Waals surface area contributed by atoms with Crippen LogP contribution in [0.3, 0.4) is 0 Å². The average molecular weight is 519 g/mol. The molecule has 28 heavy (non-hydrogen) atoms. The van der Waals surface area contributed by atoms with Crippen molar-refractivity contribution in [2.24, 2.45) is 0 Å². The van der Waals surface area contributed by atoms with Gasteiger partial charge in [0.05, 0.1) is 16.0 Å². The van der Waals surface area contributed by atoms with Crippen LogP contribution in [0.15, 0.2) is 39.7 Å². The van der Waals surface area contributed by atoms with Crippen molar-refractivity contribution < 1.29 is 14.3 Å². The Balaban J connectivity index is 1.87. The molecule has 4 nitrogen and oxygen atoms in total. The lowest BCUT2D eigenvalue weighted by Gasteiger charge is -2.15. The molecule has 1 N–H and O–H groups in total. The van der Waals surface area contributed by atoms with E-state index in [4.69, 9.17) is 44.9 Å². The van der Waals surface area contributed by atoms with Gasteiger partial charge in [0.1, 0.15) is 10.9 Å². The highest BCUT2D eigenvalue weighted by Gasteiger charge is 2.22. The molecule has 2 aromatic carbocycles. The van der Waals surface area contributed by atoms with Crippen LogP contribution in [0.2, 0.25) is 10.0 Å². The van der Waals surface area contributed by atoms with Crippen LogP contribution >= 0.6 is 63.1 Å². The van der Waals surface area contributed by atoms with E-state index in [-0.39, 0.29) is 12.5 Å². The quantitative estimate of drug-likeness (QED) is 0.363. The SMILES string of the molecule is CCOc1cc(/C=C2/SC(=S)NC2=O)cc(Br)c1OCc1ccc(Cl)cc1Cl. The first kappa shape index (κ1) is 21.5. The van der Waals surface area contributed by atoms with Crippen LogP contribution in [0.25, 0.3) is 6.08 Å². The van der Waals surface area contributed by atoms with Crippen LogP contribution < -0.4 is 14.8 Å². The molecule has 1 aliphatic rings. The normalized spacial score (nSPS) is 15.1. The lowest BCUT2D eigenvalue weighted by molar-refractivity contribution is -0.115. The molecule has 146 valence electrons. The smallest absolute Gasteiger partial charge is 0.263 e. The Morgan fingerprint density at radius 3 is 2.68 bits per heavy atom. The van der Waals surface area contributed by atoms with E-state index in [0.29, 0.717) is 41.8 Å². The number of thiocarbonyl (C=S) groups is 1. The molecule has 0 saturated carbocycles. The largest absolute Gasteiger partial charge is 0.490 e. The van der Waals surface area contributed by atoms with Crippen LogP contribution in [0.5, 0.6) is 11.5 Å². The second kappa shape index (κ2) is 9.50. The van der Waals surface area contributed by atoms with Gasteiger partial charge in [0.15, 0.2) is 11.5 Å². The Kier molecular flexibility index (Phi) is 7.28. The van der Waals surface area contributed by atoms with Crippen molar-refractivity contribution in [3.8, 4) is 11.5 Å². The van der Waals surface area contributed by atoms with E-state index in [9.17, 15) is 4.79 Å². The summed E-state index contributed by atoms with van der Waals surface area (Å²) in [5.41, 5.74) is 1.59. The van der Waals surface area contributed by atoms with Gasteiger partial charge in [0.2, 0.25) is 0 Å². The van der Waals surface area contributed by atoms with Crippen molar-refractivity contribution >= 4 is 79.4 Å². The van der Waals surface area contributed by atoms with Crippen molar-refractivity contribution in [1.82, 2.24) is 5.32 Å². The summed E-state index contributed by atoms with van der Waals surface area (Å²) in [5, 5.41) is 3.69. The number of thioether (sulfide) groups is 1. The molecule has 1 aliphatic heterocycles. The number of hydrogen-bond donors (Lipinski definition) is 1. The molecule has 1 fully saturated rings. The van der Waals surface area contributed by atoms with Crippen LogP contribution in [0.1, 0.15) is 18.1 Å². The number of carbonyl (C=O) groups is 1. The summed E-state index contributed by atoms with van der Waals surface area (Å²) in [7, 11) is 0. The highest BCUT2D eigenvalue weighted by Crippen LogP contribution is 2.39. The first-order chi connectivity index (χ1) is 13.4. The predicted octanol–water partition coefficient (Wildman–Crippen LogP) is 6.22. The van der Waals surface area contributed by atoms with Crippen LogP contribution in [0, 0.1) is 0 Å². The third-order valence-electron chi connectivity index (χ3n) is 3.66. The van der Waals surface area contributed by atoms with Crippen molar-refractivity contribution in [2.75, 3.05) is 6.61 Å². The molecule has 2 aromatic rings. The maximum Gasteiger partial charge on any atom is 0.263 e. The van der Waals surface area contributed by atoms with Crippen molar-refractivity contribution in [2.45, 2.75) is 13.5 Å². The van der Waals surface area contributed by atoms with E-state index < -0.39 is 0 Å². The van der Waals surface area contributed by atoms with Gasteiger partial charge in [-0.25, -0.2) is 0 Å². The summed E-state index contributed by atoms with van der Waals surface area (Å²) >= 11 is 21.9. The Morgan fingerprint density at radius 2 is 2.04 bits per heavy atom. The Morgan fingerprint density at radius 1 is 1.25 bits per heavy atom. The fourth-order valence-electron chi connectivity index (χ4n) is 2.44. The molecule has 0 aromatic heterocycles. The number of ether oxygens (including phenoxy) is 2. The van der Waals surface area contributed by atoms with Gasteiger partial charge >= 0.3 is 0 Å². The number of amides is 1. The van der Waals surface area contributed by atoms with E-state index in [1.807, 2.05) is 25.1 Å². The number of rotatable bonds is 6. The molecule has 0 bridgehead atoms. The number of nitrogens with one attached hydrogen (secondary N) is 1. The molecule has 0 atom stereocenters.